The third-order valence-corrected chi connectivity index (χ3v) is 2.51. The maximum Gasteiger partial charge on any atom is 0.257 e. The molecule has 96 valence electrons. The second-order valence-electron chi connectivity index (χ2n) is 3.69. The molecule has 2 N–H and O–H groups in total. The van der Waals surface area contributed by atoms with Crippen LogP contribution < -0.4 is 5.73 Å². The van der Waals surface area contributed by atoms with Crippen LogP contribution in [0.25, 0.3) is 17.5 Å². The first-order valence-electron chi connectivity index (χ1n) is 5.66. The Kier molecular flexibility index (Phi) is 2.63. The van der Waals surface area contributed by atoms with Gasteiger partial charge in [-0.15, -0.1) is 0 Å². The first-order valence-corrected chi connectivity index (χ1v) is 5.66. The van der Waals surface area contributed by atoms with Gasteiger partial charge in [-0.05, 0) is 13.0 Å². The van der Waals surface area contributed by atoms with Gasteiger partial charge in [0.15, 0.2) is 5.82 Å². The second kappa shape index (κ2) is 4.44. The molecular weight excluding hydrogens is 246 g/mol. The van der Waals surface area contributed by atoms with E-state index in [0.717, 1.165) is 5.69 Å². The number of rotatable bonds is 3. The number of nitrogen functional groups attached to an aromatic ring is 1. The number of aryl methyl sites for hydroxylation is 1. The lowest BCUT2D eigenvalue weighted by Gasteiger charge is -2.05. The number of hydrogen-bond donors (Lipinski definition) is 1. The largest absolute Gasteiger partial charge is 0.368 e. The minimum absolute atomic E-state index is 0.124. The molecule has 3 aromatic rings. The van der Waals surface area contributed by atoms with Crippen LogP contribution in [0.1, 0.15) is 6.92 Å². The van der Waals surface area contributed by atoms with Crippen LogP contribution in [0.4, 0.5) is 5.95 Å². The molecule has 0 aliphatic carbocycles. The first kappa shape index (κ1) is 11.3. The molecule has 3 aromatic heterocycles. The summed E-state index contributed by atoms with van der Waals surface area (Å²) in [7, 11) is 0. The van der Waals surface area contributed by atoms with Crippen LogP contribution in [-0.2, 0) is 6.54 Å². The molecule has 3 heterocycles. The highest BCUT2D eigenvalue weighted by molar-refractivity contribution is 5.51. The second-order valence-corrected chi connectivity index (χ2v) is 3.69. The van der Waals surface area contributed by atoms with Crippen molar-refractivity contribution in [2.45, 2.75) is 13.5 Å². The molecule has 9 nitrogen and oxygen atoms in total. The lowest BCUT2D eigenvalue weighted by molar-refractivity contribution is 0.662. The summed E-state index contributed by atoms with van der Waals surface area (Å²) in [6, 6.07) is 1.82. The van der Waals surface area contributed by atoms with Gasteiger partial charge in [-0.25, -0.2) is 4.98 Å². The average Bonchev–Trinajstić information content (AvgIpc) is 3.09. The number of aromatic nitrogens is 8. The topological polar surface area (TPSA) is 113 Å². The van der Waals surface area contributed by atoms with Crippen molar-refractivity contribution in [2.75, 3.05) is 5.73 Å². The predicted octanol–water partition coefficient (Wildman–Crippen LogP) is -0.0821. The fraction of sp³-hybridized carbons (Fsp3) is 0.200. The Morgan fingerprint density at radius 3 is 2.84 bits per heavy atom. The fourth-order valence-corrected chi connectivity index (χ4v) is 1.68. The summed E-state index contributed by atoms with van der Waals surface area (Å²) in [6.45, 7) is 2.70. The Morgan fingerprint density at radius 1 is 1.21 bits per heavy atom. The molecule has 0 unspecified atom stereocenters. The molecule has 19 heavy (non-hydrogen) atoms. The van der Waals surface area contributed by atoms with E-state index in [0.29, 0.717) is 18.3 Å². The monoisotopic (exact) mass is 257 g/mol. The molecule has 0 aliphatic heterocycles. The van der Waals surface area contributed by atoms with E-state index in [4.69, 9.17) is 5.73 Å². The molecule has 0 saturated carbocycles. The summed E-state index contributed by atoms with van der Waals surface area (Å²) < 4.78 is 3.20. The number of nitrogens with zero attached hydrogens (tertiary/aromatic N) is 8. The quantitative estimate of drug-likeness (QED) is 0.697. The minimum atomic E-state index is 0.124. The molecule has 3 rings (SSSR count). The van der Waals surface area contributed by atoms with Crippen molar-refractivity contribution in [3.05, 3.63) is 24.9 Å². The van der Waals surface area contributed by atoms with Gasteiger partial charge in [-0.2, -0.15) is 29.8 Å². The van der Waals surface area contributed by atoms with Gasteiger partial charge in [0.1, 0.15) is 18.3 Å². The molecule has 0 aromatic carbocycles. The summed E-state index contributed by atoms with van der Waals surface area (Å²) in [5, 5.41) is 8.14. The summed E-state index contributed by atoms with van der Waals surface area (Å²) in [4.78, 5) is 16.3. The van der Waals surface area contributed by atoms with E-state index in [1.807, 2.05) is 13.0 Å². The fourth-order valence-electron chi connectivity index (χ4n) is 1.68. The van der Waals surface area contributed by atoms with Gasteiger partial charge in [0, 0.05) is 12.7 Å². The van der Waals surface area contributed by atoms with Gasteiger partial charge >= 0.3 is 0 Å². The molecule has 0 aliphatic rings. The standard InChI is InChI=1S/C10H11N9/c1-2-18-7(3-4-13-18)8-15-9(11)17-10(16-8)19-6-12-5-14-19/h3-6H,2H2,1H3,(H2,11,15,16,17). The highest BCUT2D eigenvalue weighted by Crippen LogP contribution is 2.15. The molecule has 0 fully saturated rings. The molecular formula is C10H11N9. The van der Waals surface area contributed by atoms with Crippen molar-refractivity contribution >= 4 is 5.95 Å². The van der Waals surface area contributed by atoms with Gasteiger partial charge in [0.2, 0.25) is 5.95 Å². The lowest BCUT2D eigenvalue weighted by Crippen LogP contribution is -2.10. The van der Waals surface area contributed by atoms with Crippen molar-refractivity contribution < 1.29 is 0 Å². The van der Waals surface area contributed by atoms with Crippen LogP contribution in [0.15, 0.2) is 24.9 Å². The van der Waals surface area contributed by atoms with E-state index in [2.05, 4.69) is 30.1 Å². The average molecular weight is 257 g/mol. The van der Waals surface area contributed by atoms with Crippen LogP contribution in [0, 0.1) is 0 Å². The number of anilines is 1. The van der Waals surface area contributed by atoms with Crippen molar-refractivity contribution in [1.29, 1.82) is 0 Å². The molecule has 0 saturated heterocycles. The highest BCUT2D eigenvalue weighted by Gasteiger charge is 2.12. The Bertz CT molecular complexity index is 685. The van der Waals surface area contributed by atoms with E-state index < -0.39 is 0 Å². The zero-order valence-electron chi connectivity index (χ0n) is 10.2. The first-order chi connectivity index (χ1) is 9.28. The van der Waals surface area contributed by atoms with Crippen LogP contribution in [0.3, 0.4) is 0 Å². The SMILES string of the molecule is CCn1nccc1-c1nc(N)nc(-n2cncn2)n1. The summed E-state index contributed by atoms with van der Waals surface area (Å²) in [5.74, 6) is 0.903. The molecule has 0 amide bonds. The van der Waals surface area contributed by atoms with Crippen molar-refractivity contribution in [1.82, 2.24) is 39.5 Å². The third-order valence-electron chi connectivity index (χ3n) is 2.51. The van der Waals surface area contributed by atoms with Gasteiger partial charge in [-0.3, -0.25) is 4.68 Å². The summed E-state index contributed by atoms with van der Waals surface area (Å²) >= 11 is 0. The smallest absolute Gasteiger partial charge is 0.257 e. The maximum atomic E-state index is 5.71. The van der Waals surface area contributed by atoms with Crippen LogP contribution >= 0.6 is 0 Å². The zero-order chi connectivity index (χ0) is 13.2. The highest BCUT2D eigenvalue weighted by atomic mass is 15.4. The summed E-state index contributed by atoms with van der Waals surface area (Å²) in [6.07, 6.45) is 4.58. The van der Waals surface area contributed by atoms with Crippen LogP contribution in [0.2, 0.25) is 0 Å². The number of hydrogen-bond acceptors (Lipinski definition) is 7. The van der Waals surface area contributed by atoms with Gasteiger partial charge < -0.3 is 5.73 Å². The van der Waals surface area contributed by atoms with Gasteiger partial charge in [-0.1, -0.05) is 0 Å². The normalized spacial score (nSPS) is 10.8. The van der Waals surface area contributed by atoms with Crippen molar-refractivity contribution in [2.24, 2.45) is 0 Å². The van der Waals surface area contributed by atoms with Crippen molar-refractivity contribution in [3.63, 3.8) is 0 Å². The predicted molar refractivity (Wildman–Crippen MR) is 66.1 cm³/mol. The molecule has 9 heteroatoms. The Balaban J connectivity index is 2.13. The lowest BCUT2D eigenvalue weighted by atomic mass is 10.4. The van der Waals surface area contributed by atoms with E-state index in [9.17, 15) is 0 Å². The molecule has 0 radical (unpaired) electrons. The Labute approximate surface area is 108 Å². The van der Waals surface area contributed by atoms with Gasteiger partial charge in [0.25, 0.3) is 5.95 Å². The van der Waals surface area contributed by atoms with E-state index in [1.165, 1.54) is 17.3 Å². The minimum Gasteiger partial charge on any atom is -0.368 e. The Morgan fingerprint density at radius 2 is 2.11 bits per heavy atom. The van der Waals surface area contributed by atoms with Crippen molar-refractivity contribution in [3.8, 4) is 17.5 Å². The van der Waals surface area contributed by atoms with Crippen LogP contribution in [0.5, 0.6) is 0 Å². The van der Waals surface area contributed by atoms with E-state index in [1.54, 1.807) is 10.9 Å². The van der Waals surface area contributed by atoms with E-state index in [-0.39, 0.29) is 5.95 Å². The molecule has 0 atom stereocenters. The zero-order valence-corrected chi connectivity index (χ0v) is 10.2. The summed E-state index contributed by atoms with van der Waals surface area (Å²) in [5.41, 5.74) is 6.49. The van der Waals surface area contributed by atoms with E-state index >= 15 is 0 Å². The molecule has 0 spiro atoms. The third kappa shape index (κ3) is 2.01. The number of nitrogens with two attached hydrogens (primary N) is 1. The molecule has 0 bridgehead atoms. The van der Waals surface area contributed by atoms with Crippen LogP contribution in [-0.4, -0.2) is 39.5 Å². The van der Waals surface area contributed by atoms with Gasteiger partial charge in [0.05, 0.1) is 0 Å². The Hall–Kier alpha value is -2.84. The maximum absolute atomic E-state index is 5.71.